The molecule has 10 nitrogen and oxygen atoms in total. The molecule has 5 aromatic rings. The molecule has 0 spiro atoms. The van der Waals surface area contributed by atoms with E-state index in [1.54, 1.807) is 29.0 Å². The van der Waals surface area contributed by atoms with Gasteiger partial charge in [0.1, 0.15) is 0 Å². The average molecular weight is 587 g/mol. The van der Waals surface area contributed by atoms with E-state index in [-0.39, 0.29) is 11.8 Å². The molecule has 1 aliphatic heterocycles. The number of hydrogen-bond acceptors (Lipinski definition) is 7. The fraction of sp³-hybridized carbons (Fsp3) is 0.206. The van der Waals surface area contributed by atoms with Crippen molar-refractivity contribution in [2.45, 2.75) is 13.8 Å². The third kappa shape index (κ3) is 5.93. The maximum Gasteiger partial charge on any atom is 0.255 e. The Bertz CT molecular complexity index is 1850. The number of fused-ring (bicyclic) bond motifs is 1. The van der Waals surface area contributed by atoms with Crippen LogP contribution in [0.5, 0.6) is 0 Å². The second-order valence-corrected chi connectivity index (χ2v) is 11.1. The molecule has 2 amide bonds. The smallest absolute Gasteiger partial charge is 0.255 e. The number of benzene rings is 3. The number of carbonyl (C=O) groups excluding carboxylic acids is 2. The van der Waals surface area contributed by atoms with Gasteiger partial charge >= 0.3 is 0 Å². The van der Waals surface area contributed by atoms with Gasteiger partial charge in [0.25, 0.3) is 11.8 Å². The number of nitrogens with zero attached hydrogens (tertiary/aromatic N) is 6. The van der Waals surface area contributed by atoms with Crippen LogP contribution in [0.3, 0.4) is 0 Å². The van der Waals surface area contributed by atoms with Gasteiger partial charge in [0.2, 0.25) is 0 Å². The molecule has 2 aromatic heterocycles. The van der Waals surface area contributed by atoms with Crippen LogP contribution in [0.2, 0.25) is 0 Å². The van der Waals surface area contributed by atoms with Crippen LogP contribution in [0.25, 0.3) is 22.6 Å². The Morgan fingerprint density at radius 2 is 1.57 bits per heavy atom. The highest BCUT2D eigenvalue weighted by molar-refractivity contribution is 6.05. The summed E-state index contributed by atoms with van der Waals surface area (Å²) in [7, 11) is 2.07. The van der Waals surface area contributed by atoms with Crippen molar-refractivity contribution in [2.75, 3.05) is 43.9 Å². The summed E-state index contributed by atoms with van der Waals surface area (Å²) >= 11 is 0. The number of piperazine rings is 1. The monoisotopic (exact) mass is 586 g/mol. The van der Waals surface area contributed by atoms with Gasteiger partial charge in [0, 0.05) is 66.6 Å². The molecule has 1 aliphatic rings. The van der Waals surface area contributed by atoms with Crippen LogP contribution in [0.4, 0.5) is 17.2 Å². The van der Waals surface area contributed by atoms with Crippen molar-refractivity contribution >= 4 is 40.2 Å². The Kier molecular flexibility index (Phi) is 7.91. The van der Waals surface area contributed by atoms with Gasteiger partial charge in [-0.05, 0) is 74.5 Å². The number of rotatable bonds is 7. The van der Waals surface area contributed by atoms with Crippen molar-refractivity contribution in [3.8, 4) is 11.4 Å². The normalized spacial score (nSPS) is 13.6. The lowest BCUT2D eigenvalue weighted by atomic mass is 10.0. The molecular weight excluding hydrogens is 552 g/mol. The summed E-state index contributed by atoms with van der Waals surface area (Å²) in [6.07, 6.45) is 3.43. The zero-order chi connectivity index (χ0) is 30.8. The summed E-state index contributed by atoms with van der Waals surface area (Å²) < 4.78 is 1.67. The van der Waals surface area contributed by atoms with E-state index < -0.39 is 0 Å². The van der Waals surface area contributed by atoms with Crippen molar-refractivity contribution in [1.82, 2.24) is 29.4 Å². The van der Waals surface area contributed by atoms with Gasteiger partial charge in [-0.3, -0.25) is 9.59 Å². The molecule has 1 fully saturated rings. The molecule has 1 saturated heterocycles. The predicted octanol–water partition coefficient (Wildman–Crippen LogP) is 5.52. The molecular formula is C34H34N8O2. The number of anilines is 3. The van der Waals surface area contributed by atoms with Crippen LogP contribution in [-0.4, -0.2) is 74.4 Å². The van der Waals surface area contributed by atoms with E-state index in [2.05, 4.69) is 34.1 Å². The highest BCUT2D eigenvalue weighted by atomic mass is 16.2. The Labute approximate surface area is 256 Å². The van der Waals surface area contributed by atoms with Crippen LogP contribution in [-0.2, 0) is 0 Å². The Morgan fingerprint density at radius 1 is 0.886 bits per heavy atom. The van der Waals surface area contributed by atoms with Crippen LogP contribution in [0.1, 0.15) is 38.8 Å². The van der Waals surface area contributed by atoms with Crippen molar-refractivity contribution in [3.05, 3.63) is 108 Å². The minimum Gasteiger partial charge on any atom is -0.337 e. The average Bonchev–Trinajstić information content (AvgIpc) is 3.52. The summed E-state index contributed by atoms with van der Waals surface area (Å²) in [4.78, 5) is 39.4. The van der Waals surface area contributed by atoms with Gasteiger partial charge in [-0.25, -0.2) is 14.5 Å². The summed E-state index contributed by atoms with van der Waals surface area (Å²) in [5.74, 6) is 0.821. The molecule has 0 unspecified atom stereocenters. The van der Waals surface area contributed by atoms with Gasteiger partial charge < -0.3 is 20.4 Å². The molecule has 0 saturated carbocycles. The molecule has 3 heterocycles. The van der Waals surface area contributed by atoms with E-state index in [0.29, 0.717) is 34.1 Å². The van der Waals surface area contributed by atoms with Gasteiger partial charge in [0.15, 0.2) is 17.3 Å². The molecule has 3 aromatic carbocycles. The summed E-state index contributed by atoms with van der Waals surface area (Å²) in [6, 6.07) is 20.4. The second kappa shape index (κ2) is 12.1. The zero-order valence-electron chi connectivity index (χ0n) is 25.0. The van der Waals surface area contributed by atoms with Crippen LogP contribution in [0, 0.1) is 6.92 Å². The number of hydrogen-bond donors (Lipinski definition) is 2. The Hall–Kier alpha value is -5.35. The van der Waals surface area contributed by atoms with E-state index in [9.17, 15) is 9.59 Å². The minimum absolute atomic E-state index is 0.0379. The maximum atomic E-state index is 13.0. The van der Waals surface area contributed by atoms with Crippen molar-refractivity contribution in [3.63, 3.8) is 0 Å². The maximum absolute atomic E-state index is 13.0. The fourth-order valence-electron chi connectivity index (χ4n) is 5.16. The van der Waals surface area contributed by atoms with Crippen molar-refractivity contribution in [2.24, 2.45) is 0 Å². The molecule has 10 heteroatoms. The molecule has 0 bridgehead atoms. The second-order valence-electron chi connectivity index (χ2n) is 11.1. The van der Waals surface area contributed by atoms with E-state index in [4.69, 9.17) is 10.1 Å². The first-order valence-electron chi connectivity index (χ1n) is 14.5. The molecule has 0 radical (unpaired) electrons. The number of allylic oxidation sites excluding steroid dienone is 1. The van der Waals surface area contributed by atoms with Crippen LogP contribution >= 0.6 is 0 Å². The lowest BCUT2D eigenvalue weighted by Gasteiger charge is -2.32. The molecule has 2 N–H and O–H groups in total. The van der Waals surface area contributed by atoms with Gasteiger partial charge in [-0.2, -0.15) is 0 Å². The lowest BCUT2D eigenvalue weighted by Crippen LogP contribution is -2.47. The first-order chi connectivity index (χ1) is 21.3. The van der Waals surface area contributed by atoms with E-state index >= 15 is 0 Å². The summed E-state index contributed by atoms with van der Waals surface area (Å²) in [6.45, 7) is 11.0. The van der Waals surface area contributed by atoms with Crippen molar-refractivity contribution < 1.29 is 9.59 Å². The molecule has 222 valence electrons. The Morgan fingerprint density at radius 3 is 2.27 bits per heavy atom. The highest BCUT2D eigenvalue weighted by Gasteiger charge is 2.21. The van der Waals surface area contributed by atoms with Gasteiger partial charge in [-0.15, -0.1) is 5.10 Å². The topological polar surface area (TPSA) is 108 Å². The number of nitrogens with one attached hydrogen (secondary N) is 2. The van der Waals surface area contributed by atoms with Crippen LogP contribution < -0.4 is 10.6 Å². The lowest BCUT2D eigenvalue weighted by molar-refractivity contribution is 0.0664. The minimum atomic E-state index is -0.207. The third-order valence-corrected chi connectivity index (χ3v) is 7.90. The highest BCUT2D eigenvalue weighted by Crippen LogP contribution is 2.29. The van der Waals surface area contributed by atoms with E-state index in [1.807, 2.05) is 73.3 Å². The number of aromatic nitrogens is 4. The van der Waals surface area contributed by atoms with E-state index in [0.717, 1.165) is 54.1 Å². The molecule has 6 rings (SSSR count). The number of amides is 2. The summed E-state index contributed by atoms with van der Waals surface area (Å²) in [5, 5.41) is 11.1. The number of carbonyl (C=O) groups is 2. The predicted molar refractivity (Wildman–Crippen MR) is 173 cm³/mol. The number of likely N-dealkylation sites (N-methyl/N-ethyl adjacent to an activating group) is 1. The molecule has 0 aliphatic carbocycles. The summed E-state index contributed by atoms with van der Waals surface area (Å²) in [5.41, 5.74) is 6.74. The quantitative estimate of drug-likeness (QED) is 0.259. The standard InChI is InChI=1S/C34H34N8O2/c1-22(2)24-8-10-25(11-9-24)33(43)37-29-7-5-6-28(23(29)3)30-38-31(32-35-16-17-42(32)39-30)36-27-14-12-26(13-15-27)34(44)41-20-18-40(4)19-21-41/h5-17H,1,18-21H2,2-4H3,(H,37,43)(H,36,38,39). The zero-order valence-corrected chi connectivity index (χ0v) is 25.0. The first kappa shape index (κ1) is 28.8. The number of imidazole rings is 1. The third-order valence-electron chi connectivity index (χ3n) is 7.90. The Balaban J connectivity index is 1.24. The SMILES string of the molecule is C=C(C)c1ccc(C(=O)Nc2cccc(-c3nc(Nc4ccc(C(=O)N5CCN(C)CC5)cc4)c4nccn4n3)c2C)cc1. The fourth-order valence-corrected chi connectivity index (χ4v) is 5.16. The largest absolute Gasteiger partial charge is 0.337 e. The van der Waals surface area contributed by atoms with Crippen molar-refractivity contribution in [1.29, 1.82) is 0 Å². The van der Waals surface area contributed by atoms with E-state index in [1.165, 1.54) is 0 Å². The van der Waals surface area contributed by atoms with Crippen LogP contribution in [0.15, 0.2) is 85.7 Å². The van der Waals surface area contributed by atoms with Gasteiger partial charge in [-0.1, -0.05) is 36.4 Å². The van der Waals surface area contributed by atoms with Gasteiger partial charge in [0.05, 0.1) is 0 Å². The molecule has 44 heavy (non-hydrogen) atoms. The first-order valence-corrected chi connectivity index (χ1v) is 14.5. The molecule has 0 atom stereocenters.